The molecule has 1 amide bonds. The molecule has 0 saturated carbocycles. The Bertz CT molecular complexity index is 662. The number of nitrogens with one attached hydrogen (secondary N) is 1. The van der Waals surface area contributed by atoms with Gasteiger partial charge in [0, 0.05) is 24.0 Å². The molecule has 1 N–H and O–H groups in total. The van der Waals surface area contributed by atoms with E-state index in [0.29, 0.717) is 0 Å². The topological polar surface area (TPSA) is 54.9 Å². The van der Waals surface area contributed by atoms with Crippen molar-refractivity contribution in [3.63, 3.8) is 0 Å². The molecule has 1 aliphatic carbocycles. The molecule has 1 aliphatic rings. The number of carbonyl (C=O) groups is 1. The first kappa shape index (κ1) is 12.5. The molecular formula is C14H17N3OS. The molecule has 3 rings (SSSR count). The number of nitrogens with zero attached hydrogens (tertiary/aromatic N) is 2. The zero-order valence-corrected chi connectivity index (χ0v) is 12.2. The van der Waals surface area contributed by atoms with Crippen LogP contribution in [0.1, 0.15) is 35.9 Å². The fraction of sp³-hybridized carbons (Fsp3) is 0.500. The molecule has 0 bridgehead atoms. The van der Waals surface area contributed by atoms with Gasteiger partial charge in [-0.1, -0.05) is 0 Å². The Morgan fingerprint density at radius 1 is 1.42 bits per heavy atom. The number of fused-ring (bicyclic) bond motifs is 2. The zero-order chi connectivity index (χ0) is 13.6. The molecule has 0 radical (unpaired) electrons. The van der Waals surface area contributed by atoms with E-state index >= 15 is 0 Å². The van der Waals surface area contributed by atoms with Crippen LogP contribution in [0.4, 0.5) is 0 Å². The van der Waals surface area contributed by atoms with Gasteiger partial charge in [-0.25, -0.2) is 4.98 Å². The maximum Gasteiger partial charge on any atom is 0.217 e. The summed E-state index contributed by atoms with van der Waals surface area (Å²) in [6, 6.07) is 0.245. The lowest BCUT2D eigenvalue weighted by Crippen LogP contribution is -2.38. The standard InChI is InChI=1S/C14H17N3OS/c1-7-11-6-10(15-9(3)18)4-5-12(11)16-14-13(7)8(2)17-19-14/h10H,4-6H2,1-3H3,(H,15,18). The fourth-order valence-electron chi connectivity index (χ4n) is 2.97. The van der Waals surface area contributed by atoms with Gasteiger partial charge in [0.2, 0.25) is 5.91 Å². The second kappa shape index (κ2) is 4.56. The van der Waals surface area contributed by atoms with E-state index in [0.717, 1.165) is 29.8 Å². The van der Waals surface area contributed by atoms with Crippen molar-refractivity contribution in [3.8, 4) is 0 Å². The third kappa shape index (κ3) is 2.12. The number of hydrogen-bond donors (Lipinski definition) is 1. The van der Waals surface area contributed by atoms with Gasteiger partial charge in [0.25, 0.3) is 0 Å². The first-order valence-corrected chi connectivity index (χ1v) is 7.35. The van der Waals surface area contributed by atoms with Gasteiger partial charge in [0.05, 0.1) is 5.69 Å². The van der Waals surface area contributed by atoms with E-state index in [4.69, 9.17) is 4.98 Å². The molecule has 1 unspecified atom stereocenters. The Balaban J connectivity index is 2.05. The normalized spacial score (nSPS) is 18.4. The highest BCUT2D eigenvalue weighted by atomic mass is 32.1. The van der Waals surface area contributed by atoms with E-state index in [1.165, 1.54) is 33.7 Å². The van der Waals surface area contributed by atoms with Gasteiger partial charge < -0.3 is 5.32 Å². The van der Waals surface area contributed by atoms with Gasteiger partial charge in [0.1, 0.15) is 4.83 Å². The van der Waals surface area contributed by atoms with Gasteiger partial charge >= 0.3 is 0 Å². The molecule has 0 fully saturated rings. The van der Waals surface area contributed by atoms with Gasteiger partial charge in [-0.3, -0.25) is 4.79 Å². The summed E-state index contributed by atoms with van der Waals surface area (Å²) >= 11 is 1.48. The van der Waals surface area contributed by atoms with E-state index in [1.807, 2.05) is 6.92 Å². The Morgan fingerprint density at radius 2 is 2.21 bits per heavy atom. The Kier molecular flexibility index (Phi) is 3.01. The summed E-state index contributed by atoms with van der Waals surface area (Å²) in [5.41, 5.74) is 4.85. The Morgan fingerprint density at radius 3 is 2.95 bits per heavy atom. The fourth-order valence-corrected chi connectivity index (χ4v) is 3.83. The highest BCUT2D eigenvalue weighted by Crippen LogP contribution is 2.31. The molecule has 100 valence electrons. The molecule has 2 aromatic rings. The molecule has 0 saturated heterocycles. The lowest BCUT2D eigenvalue weighted by atomic mass is 9.88. The first-order chi connectivity index (χ1) is 9.06. The highest BCUT2D eigenvalue weighted by Gasteiger charge is 2.24. The van der Waals surface area contributed by atoms with Crippen LogP contribution in [-0.4, -0.2) is 21.3 Å². The minimum Gasteiger partial charge on any atom is -0.353 e. The number of hydrogen-bond acceptors (Lipinski definition) is 4. The van der Waals surface area contributed by atoms with Crippen LogP contribution in [0.25, 0.3) is 10.2 Å². The van der Waals surface area contributed by atoms with E-state index in [-0.39, 0.29) is 11.9 Å². The monoisotopic (exact) mass is 275 g/mol. The molecule has 19 heavy (non-hydrogen) atoms. The van der Waals surface area contributed by atoms with E-state index in [1.54, 1.807) is 6.92 Å². The van der Waals surface area contributed by atoms with Crippen LogP contribution < -0.4 is 5.32 Å². The number of aryl methyl sites for hydroxylation is 3. The summed E-state index contributed by atoms with van der Waals surface area (Å²) in [7, 11) is 0. The molecular weight excluding hydrogens is 258 g/mol. The Labute approximate surface area is 116 Å². The van der Waals surface area contributed by atoms with E-state index in [2.05, 4.69) is 16.6 Å². The van der Waals surface area contributed by atoms with Crippen molar-refractivity contribution in [3.05, 3.63) is 22.5 Å². The van der Waals surface area contributed by atoms with Crippen molar-refractivity contribution in [1.82, 2.24) is 14.7 Å². The maximum atomic E-state index is 11.2. The molecule has 0 aromatic carbocycles. The molecule has 0 aliphatic heterocycles. The predicted molar refractivity (Wildman–Crippen MR) is 76.5 cm³/mol. The third-order valence-electron chi connectivity index (χ3n) is 3.84. The summed E-state index contributed by atoms with van der Waals surface area (Å²) in [6.45, 7) is 5.77. The van der Waals surface area contributed by atoms with Crippen molar-refractivity contribution in [2.75, 3.05) is 0 Å². The SMILES string of the molecule is CC(=O)NC1CCc2nc3snc(C)c3c(C)c2C1. The second-order valence-corrected chi connectivity index (χ2v) is 6.00. The largest absolute Gasteiger partial charge is 0.353 e. The molecule has 4 nitrogen and oxygen atoms in total. The molecule has 0 spiro atoms. The minimum atomic E-state index is 0.0496. The maximum absolute atomic E-state index is 11.2. The number of carbonyl (C=O) groups excluding carboxylic acids is 1. The summed E-state index contributed by atoms with van der Waals surface area (Å²) in [4.78, 5) is 17.0. The summed E-state index contributed by atoms with van der Waals surface area (Å²) in [6.07, 6.45) is 2.80. The van der Waals surface area contributed by atoms with Crippen LogP contribution >= 0.6 is 11.5 Å². The van der Waals surface area contributed by atoms with Gasteiger partial charge in [-0.2, -0.15) is 4.37 Å². The number of aromatic nitrogens is 2. The average Bonchev–Trinajstić information content (AvgIpc) is 2.71. The predicted octanol–water partition coefficient (Wildman–Crippen LogP) is 2.30. The first-order valence-electron chi connectivity index (χ1n) is 6.57. The summed E-state index contributed by atoms with van der Waals surface area (Å²) < 4.78 is 4.40. The third-order valence-corrected chi connectivity index (χ3v) is 4.68. The molecule has 1 atom stereocenters. The summed E-state index contributed by atoms with van der Waals surface area (Å²) in [5, 5.41) is 4.23. The number of rotatable bonds is 1. The van der Waals surface area contributed by atoms with E-state index < -0.39 is 0 Å². The van der Waals surface area contributed by atoms with Crippen LogP contribution in [0, 0.1) is 13.8 Å². The molecule has 2 aromatic heterocycles. The van der Waals surface area contributed by atoms with Crippen LogP contribution in [0.15, 0.2) is 0 Å². The van der Waals surface area contributed by atoms with Gasteiger partial charge in [-0.15, -0.1) is 0 Å². The van der Waals surface area contributed by atoms with Crippen molar-refractivity contribution in [2.45, 2.75) is 46.1 Å². The zero-order valence-electron chi connectivity index (χ0n) is 11.4. The lowest BCUT2D eigenvalue weighted by Gasteiger charge is -2.26. The smallest absolute Gasteiger partial charge is 0.217 e. The van der Waals surface area contributed by atoms with Gasteiger partial charge in [0.15, 0.2) is 0 Å². The highest BCUT2D eigenvalue weighted by molar-refractivity contribution is 7.13. The van der Waals surface area contributed by atoms with Crippen LogP contribution in [0.5, 0.6) is 0 Å². The van der Waals surface area contributed by atoms with Crippen molar-refractivity contribution >= 4 is 27.7 Å². The lowest BCUT2D eigenvalue weighted by molar-refractivity contribution is -0.119. The van der Waals surface area contributed by atoms with Crippen LogP contribution in [0.2, 0.25) is 0 Å². The summed E-state index contributed by atoms with van der Waals surface area (Å²) in [5.74, 6) is 0.0496. The average molecular weight is 275 g/mol. The number of pyridine rings is 1. The van der Waals surface area contributed by atoms with Crippen molar-refractivity contribution in [1.29, 1.82) is 0 Å². The van der Waals surface area contributed by atoms with Gasteiger partial charge in [-0.05, 0) is 55.8 Å². The molecule has 2 heterocycles. The quantitative estimate of drug-likeness (QED) is 0.869. The van der Waals surface area contributed by atoms with Crippen LogP contribution in [-0.2, 0) is 17.6 Å². The molecule has 5 heteroatoms. The minimum absolute atomic E-state index is 0.0496. The van der Waals surface area contributed by atoms with Crippen molar-refractivity contribution in [2.24, 2.45) is 0 Å². The van der Waals surface area contributed by atoms with Crippen LogP contribution in [0.3, 0.4) is 0 Å². The van der Waals surface area contributed by atoms with E-state index in [9.17, 15) is 4.79 Å². The Hall–Kier alpha value is -1.49. The number of amides is 1. The second-order valence-electron chi connectivity index (χ2n) is 5.25. The van der Waals surface area contributed by atoms with Crippen molar-refractivity contribution < 1.29 is 4.79 Å².